The molecule has 9 nitrogen and oxygen atoms in total. The summed E-state index contributed by atoms with van der Waals surface area (Å²) in [6.07, 6.45) is 2.51. The van der Waals surface area contributed by atoms with Crippen LogP contribution in [0.4, 0.5) is 0 Å². The fraction of sp³-hybridized carbons (Fsp3) is 0.500. The van der Waals surface area contributed by atoms with Crippen molar-refractivity contribution in [1.29, 1.82) is 0 Å². The maximum atomic E-state index is 13.1. The quantitative estimate of drug-likeness (QED) is 0.227. The number of nitrogens with one attached hydrogen (secondary N) is 2. The number of benzene rings is 1. The number of esters is 2. The van der Waals surface area contributed by atoms with Crippen LogP contribution in [0.3, 0.4) is 0 Å². The summed E-state index contributed by atoms with van der Waals surface area (Å²) in [5.41, 5.74) is -0.0279. The third-order valence-electron chi connectivity index (χ3n) is 5.20. The molecule has 1 aromatic carbocycles. The number of carbonyl (C=O) groups is 4. The molecule has 0 fully saturated rings. The van der Waals surface area contributed by atoms with Gasteiger partial charge in [-0.2, -0.15) is 0 Å². The summed E-state index contributed by atoms with van der Waals surface area (Å²) >= 11 is 0. The van der Waals surface area contributed by atoms with E-state index in [2.05, 4.69) is 23.8 Å². The molecule has 0 aliphatic rings. The smallest absolute Gasteiger partial charge is 0.310 e. The van der Waals surface area contributed by atoms with Crippen LogP contribution in [0.2, 0.25) is 0 Å². The molecule has 9 heteroatoms. The molecule has 0 aromatic heterocycles. The summed E-state index contributed by atoms with van der Waals surface area (Å²) < 4.78 is 11.1. The average molecular weight is 517 g/mol. The minimum Gasteiger partial charge on any atom is -0.460 e. The van der Waals surface area contributed by atoms with Gasteiger partial charge < -0.3 is 25.2 Å². The van der Waals surface area contributed by atoms with Gasteiger partial charge in [0.15, 0.2) is 0 Å². The summed E-state index contributed by atoms with van der Waals surface area (Å²) in [7, 11) is 0. The molecular weight excluding hydrogens is 476 g/mol. The molecule has 37 heavy (non-hydrogen) atoms. The van der Waals surface area contributed by atoms with Crippen molar-refractivity contribution in [2.24, 2.45) is 11.8 Å². The van der Waals surface area contributed by atoms with Crippen LogP contribution in [0.15, 0.2) is 55.6 Å². The Morgan fingerprint density at radius 2 is 1.59 bits per heavy atom. The molecule has 2 amide bonds. The van der Waals surface area contributed by atoms with Gasteiger partial charge in [0.1, 0.15) is 11.7 Å². The number of rotatable bonds is 16. The Morgan fingerprint density at radius 1 is 0.973 bits per heavy atom. The normalized spacial score (nSPS) is 13.4. The molecule has 0 saturated carbocycles. The maximum Gasteiger partial charge on any atom is 0.310 e. The van der Waals surface area contributed by atoms with E-state index in [1.54, 1.807) is 51.1 Å². The van der Waals surface area contributed by atoms with Crippen molar-refractivity contribution in [3.8, 4) is 0 Å². The molecule has 3 N–H and O–H groups in total. The van der Waals surface area contributed by atoms with E-state index in [0.29, 0.717) is 5.56 Å². The lowest BCUT2D eigenvalue weighted by Gasteiger charge is -2.24. The topological polar surface area (TPSA) is 131 Å². The van der Waals surface area contributed by atoms with Crippen LogP contribution in [0.25, 0.3) is 0 Å². The molecule has 0 aliphatic carbocycles. The number of hydrogen-bond donors (Lipinski definition) is 3. The van der Waals surface area contributed by atoms with Crippen molar-refractivity contribution in [2.75, 3.05) is 19.7 Å². The van der Waals surface area contributed by atoms with Gasteiger partial charge in [0.2, 0.25) is 11.8 Å². The molecule has 0 radical (unpaired) electrons. The van der Waals surface area contributed by atoms with Gasteiger partial charge in [0.05, 0.1) is 31.4 Å². The standard InChI is InChI=1S/C28H40N2O7/c1-6-11-21(17-24(32)29-15-16-31)26(34)30-19-23(20-13-9-8-10-14-20)36-27(35)22(12-7-2)18-25(33)37-28(3,4)5/h6-10,13-14,21-23,31H,1-2,11-12,15-19H2,3-5H3,(H,29,32)(H,30,34)/t21-,22-,23-/m0/s1. The second kappa shape index (κ2) is 16.3. The van der Waals surface area contributed by atoms with Crippen LogP contribution in [0, 0.1) is 11.8 Å². The molecule has 1 aromatic rings. The second-order valence-electron chi connectivity index (χ2n) is 9.59. The van der Waals surface area contributed by atoms with Gasteiger partial charge in [0, 0.05) is 13.0 Å². The van der Waals surface area contributed by atoms with Crippen LogP contribution in [0.5, 0.6) is 0 Å². The van der Waals surface area contributed by atoms with Crippen molar-refractivity contribution in [3.05, 3.63) is 61.2 Å². The highest BCUT2D eigenvalue weighted by Crippen LogP contribution is 2.23. The zero-order valence-electron chi connectivity index (χ0n) is 22.0. The van der Waals surface area contributed by atoms with E-state index in [1.807, 2.05) is 6.07 Å². The van der Waals surface area contributed by atoms with Gasteiger partial charge in [-0.1, -0.05) is 42.5 Å². The monoisotopic (exact) mass is 516 g/mol. The highest BCUT2D eigenvalue weighted by molar-refractivity contribution is 5.86. The Balaban J connectivity index is 2.96. The van der Waals surface area contributed by atoms with Crippen molar-refractivity contribution < 1.29 is 33.8 Å². The molecule has 204 valence electrons. The Bertz CT molecular complexity index is 909. The molecule has 0 unspecified atom stereocenters. The van der Waals surface area contributed by atoms with Crippen molar-refractivity contribution in [2.45, 2.75) is 58.2 Å². The highest BCUT2D eigenvalue weighted by atomic mass is 16.6. The van der Waals surface area contributed by atoms with Gasteiger partial charge in [-0.25, -0.2) is 0 Å². The fourth-order valence-corrected chi connectivity index (χ4v) is 3.49. The van der Waals surface area contributed by atoms with Gasteiger partial charge in [-0.15, -0.1) is 13.2 Å². The summed E-state index contributed by atoms with van der Waals surface area (Å²) in [6, 6.07) is 8.92. The van der Waals surface area contributed by atoms with Crippen LogP contribution in [0.1, 0.15) is 58.1 Å². The molecule has 0 aliphatic heterocycles. The second-order valence-corrected chi connectivity index (χ2v) is 9.59. The van der Waals surface area contributed by atoms with Crippen molar-refractivity contribution in [1.82, 2.24) is 10.6 Å². The minimum absolute atomic E-state index is 0.0340. The first kappa shape index (κ1) is 31.6. The van der Waals surface area contributed by atoms with Gasteiger partial charge in [0.25, 0.3) is 0 Å². The SMILES string of the molecule is C=CC[C@@H](CC(=O)NCCO)C(=O)NC[C@H](OC(=O)[C@@H](CC=C)CC(=O)OC(C)(C)C)c1ccccc1. The lowest BCUT2D eigenvalue weighted by atomic mass is 9.99. The summed E-state index contributed by atoms with van der Waals surface area (Å²) in [5, 5.41) is 14.2. The number of amides is 2. The molecule has 3 atom stereocenters. The first-order valence-electron chi connectivity index (χ1n) is 12.3. The van der Waals surface area contributed by atoms with Crippen molar-refractivity contribution >= 4 is 23.8 Å². The number of aliphatic hydroxyl groups excluding tert-OH is 1. The average Bonchev–Trinajstić information content (AvgIpc) is 2.83. The Kier molecular flexibility index (Phi) is 13.9. The van der Waals surface area contributed by atoms with E-state index in [-0.39, 0.29) is 51.3 Å². The predicted octanol–water partition coefficient (Wildman–Crippen LogP) is 3.00. The number of allylic oxidation sites excluding steroid dienone is 2. The van der Waals surface area contributed by atoms with Crippen LogP contribution in [-0.4, -0.2) is 54.2 Å². The Hall–Kier alpha value is -3.46. The highest BCUT2D eigenvalue weighted by Gasteiger charge is 2.29. The van der Waals surface area contributed by atoms with Crippen LogP contribution in [-0.2, 0) is 28.7 Å². The Labute approximate surface area is 219 Å². The van der Waals surface area contributed by atoms with E-state index in [4.69, 9.17) is 14.6 Å². The number of ether oxygens (including phenoxy) is 2. The third kappa shape index (κ3) is 12.9. The lowest BCUT2D eigenvalue weighted by molar-refractivity contribution is -0.164. The lowest BCUT2D eigenvalue weighted by Crippen LogP contribution is -2.38. The number of carbonyl (C=O) groups excluding carboxylic acids is 4. The third-order valence-corrected chi connectivity index (χ3v) is 5.20. The molecular formula is C28H40N2O7. The summed E-state index contributed by atoms with van der Waals surface area (Å²) in [6.45, 7) is 12.4. The van der Waals surface area contributed by atoms with E-state index < -0.39 is 41.4 Å². The minimum atomic E-state index is -0.823. The molecule has 0 heterocycles. The summed E-state index contributed by atoms with van der Waals surface area (Å²) in [5.74, 6) is -3.36. The number of aliphatic hydroxyl groups is 1. The zero-order chi connectivity index (χ0) is 27.8. The van der Waals surface area contributed by atoms with Crippen LogP contribution < -0.4 is 10.6 Å². The fourth-order valence-electron chi connectivity index (χ4n) is 3.49. The predicted molar refractivity (Wildman–Crippen MR) is 140 cm³/mol. The molecule has 0 saturated heterocycles. The maximum absolute atomic E-state index is 13.1. The van der Waals surface area contributed by atoms with Crippen molar-refractivity contribution in [3.63, 3.8) is 0 Å². The largest absolute Gasteiger partial charge is 0.460 e. The van der Waals surface area contributed by atoms with E-state index in [0.717, 1.165) is 0 Å². The van der Waals surface area contributed by atoms with E-state index in [1.165, 1.54) is 6.08 Å². The van der Waals surface area contributed by atoms with Gasteiger partial charge in [-0.3, -0.25) is 19.2 Å². The van der Waals surface area contributed by atoms with Gasteiger partial charge >= 0.3 is 11.9 Å². The van der Waals surface area contributed by atoms with E-state index in [9.17, 15) is 19.2 Å². The van der Waals surface area contributed by atoms with Gasteiger partial charge in [-0.05, 0) is 39.2 Å². The molecule has 0 spiro atoms. The summed E-state index contributed by atoms with van der Waals surface area (Å²) in [4.78, 5) is 50.3. The number of hydrogen-bond acceptors (Lipinski definition) is 7. The van der Waals surface area contributed by atoms with Crippen LogP contribution >= 0.6 is 0 Å². The molecule has 1 rings (SSSR count). The first-order chi connectivity index (χ1) is 17.5. The van der Waals surface area contributed by atoms with E-state index >= 15 is 0 Å². The first-order valence-corrected chi connectivity index (χ1v) is 12.3. The molecule has 0 bridgehead atoms. The Morgan fingerprint density at radius 3 is 2.16 bits per heavy atom. The zero-order valence-corrected chi connectivity index (χ0v) is 22.0.